The molecular formula is C21H20FN3O2. The first kappa shape index (κ1) is 17.3. The predicted molar refractivity (Wildman–Crippen MR) is 102 cm³/mol. The summed E-state index contributed by atoms with van der Waals surface area (Å²) in [6, 6.07) is 10.9. The second kappa shape index (κ2) is 7.23. The number of rotatable bonds is 4. The van der Waals surface area contributed by atoms with Crippen molar-refractivity contribution in [3.8, 4) is 22.8 Å². The molecule has 1 aromatic carbocycles. The number of aromatic nitrogens is 2. The smallest absolute Gasteiger partial charge is 0.257 e. The van der Waals surface area contributed by atoms with Crippen LogP contribution in [0.15, 0.2) is 42.6 Å². The zero-order chi connectivity index (χ0) is 18.8. The van der Waals surface area contributed by atoms with Gasteiger partial charge in [0, 0.05) is 35.1 Å². The van der Waals surface area contributed by atoms with Gasteiger partial charge >= 0.3 is 0 Å². The molecule has 0 unspecified atom stereocenters. The van der Waals surface area contributed by atoms with Crippen molar-refractivity contribution in [1.29, 1.82) is 0 Å². The third-order valence-electron chi connectivity index (χ3n) is 4.60. The second-order valence-electron chi connectivity index (χ2n) is 6.44. The first-order valence-corrected chi connectivity index (χ1v) is 8.83. The van der Waals surface area contributed by atoms with Crippen LogP contribution in [-0.4, -0.2) is 23.2 Å². The molecule has 0 bridgehead atoms. The molecule has 0 radical (unpaired) electrons. The molecule has 3 aromatic rings. The molecule has 27 heavy (non-hydrogen) atoms. The van der Waals surface area contributed by atoms with Gasteiger partial charge in [-0.05, 0) is 43.7 Å². The first-order valence-electron chi connectivity index (χ1n) is 8.83. The number of nitrogens with zero attached hydrogens (tertiary/aromatic N) is 2. The first-order chi connectivity index (χ1) is 13.1. The highest BCUT2D eigenvalue weighted by Crippen LogP contribution is 2.34. The zero-order valence-electron chi connectivity index (χ0n) is 15.3. The summed E-state index contributed by atoms with van der Waals surface area (Å²) in [4.78, 5) is 8.92. The normalized spacial score (nSPS) is 12.7. The molecule has 0 saturated heterocycles. The van der Waals surface area contributed by atoms with Crippen molar-refractivity contribution in [3.63, 3.8) is 0 Å². The van der Waals surface area contributed by atoms with E-state index in [1.54, 1.807) is 12.3 Å². The van der Waals surface area contributed by atoms with Crippen molar-refractivity contribution in [2.24, 2.45) is 0 Å². The van der Waals surface area contributed by atoms with E-state index in [-0.39, 0.29) is 5.82 Å². The molecule has 1 aliphatic rings. The van der Waals surface area contributed by atoms with Crippen molar-refractivity contribution in [1.82, 2.24) is 9.97 Å². The summed E-state index contributed by atoms with van der Waals surface area (Å²) in [6.45, 7) is 5.25. The Morgan fingerprint density at radius 3 is 2.74 bits per heavy atom. The highest BCUT2D eigenvalue weighted by atomic mass is 19.1. The minimum atomic E-state index is -0.211. The van der Waals surface area contributed by atoms with Crippen LogP contribution in [0.3, 0.4) is 0 Å². The van der Waals surface area contributed by atoms with E-state index >= 15 is 0 Å². The van der Waals surface area contributed by atoms with Gasteiger partial charge in [-0.15, -0.1) is 0 Å². The molecule has 0 atom stereocenters. The van der Waals surface area contributed by atoms with Gasteiger partial charge < -0.3 is 14.8 Å². The maximum absolute atomic E-state index is 13.9. The summed E-state index contributed by atoms with van der Waals surface area (Å²) in [5.74, 6) is 1.66. The van der Waals surface area contributed by atoms with E-state index in [9.17, 15) is 4.39 Å². The third-order valence-corrected chi connectivity index (χ3v) is 4.60. The van der Waals surface area contributed by atoms with Crippen LogP contribution < -0.4 is 14.8 Å². The van der Waals surface area contributed by atoms with Gasteiger partial charge in [-0.2, -0.15) is 0 Å². The Balaban J connectivity index is 1.53. The quantitative estimate of drug-likeness (QED) is 0.748. The average Bonchev–Trinajstić information content (AvgIpc) is 2.68. The van der Waals surface area contributed by atoms with E-state index in [0.29, 0.717) is 42.8 Å². The van der Waals surface area contributed by atoms with E-state index in [0.717, 1.165) is 22.4 Å². The summed E-state index contributed by atoms with van der Waals surface area (Å²) < 4.78 is 25.1. The van der Waals surface area contributed by atoms with Gasteiger partial charge in [-0.1, -0.05) is 12.1 Å². The van der Waals surface area contributed by atoms with E-state index in [2.05, 4.69) is 15.3 Å². The Bertz CT molecular complexity index is 954. The second-order valence-corrected chi connectivity index (χ2v) is 6.44. The van der Waals surface area contributed by atoms with E-state index in [4.69, 9.17) is 9.47 Å². The van der Waals surface area contributed by atoms with Crippen LogP contribution in [0, 0.1) is 19.7 Å². The largest absolute Gasteiger partial charge is 0.484 e. The Morgan fingerprint density at radius 2 is 1.96 bits per heavy atom. The minimum Gasteiger partial charge on any atom is -0.484 e. The number of pyridine rings is 2. The highest BCUT2D eigenvalue weighted by molar-refractivity contribution is 5.68. The van der Waals surface area contributed by atoms with Gasteiger partial charge in [0.15, 0.2) is 5.75 Å². The van der Waals surface area contributed by atoms with Crippen molar-refractivity contribution >= 4 is 5.82 Å². The Morgan fingerprint density at radius 1 is 1.11 bits per heavy atom. The minimum absolute atomic E-state index is 0.211. The summed E-state index contributed by atoms with van der Waals surface area (Å²) in [7, 11) is 0. The summed E-state index contributed by atoms with van der Waals surface area (Å²) >= 11 is 0. The number of nitrogens with one attached hydrogen (secondary N) is 1. The number of aryl methyl sites for hydroxylation is 2. The molecule has 5 nitrogen and oxygen atoms in total. The summed E-state index contributed by atoms with van der Waals surface area (Å²) in [5, 5.41) is 3.17. The van der Waals surface area contributed by atoms with E-state index < -0.39 is 0 Å². The van der Waals surface area contributed by atoms with Crippen LogP contribution in [0.4, 0.5) is 10.2 Å². The number of halogens is 1. The number of ether oxygens (including phenoxy) is 2. The molecular weight excluding hydrogens is 345 g/mol. The molecule has 0 spiro atoms. The fourth-order valence-electron chi connectivity index (χ4n) is 3.08. The van der Waals surface area contributed by atoms with Crippen molar-refractivity contribution in [2.45, 2.75) is 20.4 Å². The molecule has 4 rings (SSSR count). The Hall–Kier alpha value is -3.15. The van der Waals surface area contributed by atoms with Gasteiger partial charge in [0.05, 0.1) is 0 Å². The fourth-order valence-corrected chi connectivity index (χ4v) is 3.08. The van der Waals surface area contributed by atoms with Crippen molar-refractivity contribution in [3.05, 3.63) is 65.2 Å². The molecule has 1 N–H and O–H groups in total. The van der Waals surface area contributed by atoms with Gasteiger partial charge in [-0.3, -0.25) is 0 Å². The molecule has 0 amide bonds. The van der Waals surface area contributed by atoms with E-state index in [1.807, 2.05) is 38.1 Å². The SMILES string of the molecule is Cc1cccc(F)c1CNc1ccc(-c2cc3c(nc2C)OCCO3)cn1. The lowest BCUT2D eigenvalue weighted by molar-refractivity contribution is 0.164. The molecule has 6 heteroatoms. The predicted octanol–water partition coefficient (Wildman–Crippen LogP) is 4.28. The maximum Gasteiger partial charge on any atom is 0.257 e. The number of hydrogen-bond donors (Lipinski definition) is 1. The number of anilines is 1. The highest BCUT2D eigenvalue weighted by Gasteiger charge is 2.17. The van der Waals surface area contributed by atoms with Crippen LogP contribution in [0.1, 0.15) is 16.8 Å². The standard InChI is InChI=1S/C21H20FN3O2/c1-13-4-3-5-18(22)17(13)12-24-20-7-6-15(11-23-20)16-10-19-21(25-14(16)2)27-9-8-26-19/h3-7,10-11H,8-9,12H2,1-2H3,(H,23,24). The molecule has 0 fully saturated rings. The Kier molecular flexibility index (Phi) is 4.62. The van der Waals surface area contributed by atoms with Crippen LogP contribution in [0.5, 0.6) is 11.6 Å². The zero-order valence-corrected chi connectivity index (χ0v) is 15.3. The summed E-state index contributed by atoms with van der Waals surface area (Å²) in [5.41, 5.74) is 4.30. The van der Waals surface area contributed by atoms with Crippen LogP contribution >= 0.6 is 0 Å². The van der Waals surface area contributed by atoms with Crippen LogP contribution in [0.25, 0.3) is 11.1 Å². The number of benzene rings is 1. The van der Waals surface area contributed by atoms with Gasteiger partial charge in [-0.25, -0.2) is 14.4 Å². The maximum atomic E-state index is 13.9. The Labute approximate surface area is 157 Å². The topological polar surface area (TPSA) is 56.3 Å². The molecule has 0 saturated carbocycles. The molecule has 138 valence electrons. The van der Waals surface area contributed by atoms with Crippen LogP contribution in [0.2, 0.25) is 0 Å². The molecule has 2 aromatic heterocycles. The number of fused-ring (bicyclic) bond motifs is 1. The molecule has 1 aliphatic heterocycles. The van der Waals surface area contributed by atoms with Gasteiger partial charge in [0.1, 0.15) is 24.8 Å². The van der Waals surface area contributed by atoms with Crippen molar-refractivity contribution < 1.29 is 13.9 Å². The lowest BCUT2D eigenvalue weighted by Gasteiger charge is -2.19. The molecule has 3 heterocycles. The fraction of sp³-hybridized carbons (Fsp3) is 0.238. The monoisotopic (exact) mass is 365 g/mol. The molecule has 0 aliphatic carbocycles. The van der Waals surface area contributed by atoms with E-state index in [1.165, 1.54) is 6.07 Å². The van der Waals surface area contributed by atoms with Gasteiger partial charge in [0.2, 0.25) is 0 Å². The lowest BCUT2D eigenvalue weighted by Crippen LogP contribution is -2.16. The van der Waals surface area contributed by atoms with Crippen LogP contribution in [-0.2, 0) is 6.54 Å². The lowest BCUT2D eigenvalue weighted by atomic mass is 10.1. The third kappa shape index (κ3) is 3.56. The number of hydrogen-bond acceptors (Lipinski definition) is 5. The average molecular weight is 365 g/mol. The van der Waals surface area contributed by atoms with Gasteiger partial charge in [0.25, 0.3) is 5.88 Å². The summed E-state index contributed by atoms with van der Waals surface area (Å²) in [6.07, 6.45) is 1.77. The van der Waals surface area contributed by atoms with Crippen molar-refractivity contribution in [2.75, 3.05) is 18.5 Å².